The van der Waals surface area contributed by atoms with Crippen LogP contribution in [-0.4, -0.2) is 12.6 Å². The molecule has 1 unspecified atom stereocenters. The molecular weight excluding hydrogens is 285 g/mol. The van der Waals surface area contributed by atoms with Crippen molar-refractivity contribution in [2.75, 3.05) is 6.54 Å². The monoisotopic (exact) mass is 311 g/mol. The zero-order valence-corrected chi connectivity index (χ0v) is 14.0. The first kappa shape index (κ1) is 16.8. The zero-order chi connectivity index (χ0) is 15.3. The highest BCUT2D eigenvalue weighted by atomic mass is 35.5. The van der Waals surface area contributed by atoms with Crippen LogP contribution in [0.3, 0.4) is 0 Å². The van der Waals surface area contributed by atoms with E-state index in [4.69, 9.17) is 11.6 Å². The molecule has 0 saturated heterocycles. The maximum Gasteiger partial charge on any atom is 0.127 e. The van der Waals surface area contributed by atoms with E-state index in [-0.39, 0.29) is 11.2 Å². The Morgan fingerprint density at radius 3 is 2.62 bits per heavy atom. The van der Waals surface area contributed by atoms with E-state index in [1.165, 1.54) is 38.2 Å². The van der Waals surface area contributed by atoms with E-state index >= 15 is 0 Å². The number of hydrogen-bond donors (Lipinski definition) is 1. The molecule has 1 fully saturated rings. The lowest BCUT2D eigenvalue weighted by molar-refractivity contribution is 0.143. The Morgan fingerprint density at radius 2 is 2.00 bits per heavy atom. The van der Waals surface area contributed by atoms with Crippen LogP contribution in [0, 0.1) is 11.2 Å². The van der Waals surface area contributed by atoms with Crippen LogP contribution in [0.5, 0.6) is 0 Å². The molecule has 1 atom stereocenters. The van der Waals surface area contributed by atoms with E-state index in [1.807, 2.05) is 0 Å². The average Bonchev–Trinajstić information content (AvgIpc) is 2.46. The lowest BCUT2D eigenvalue weighted by Gasteiger charge is -2.41. The van der Waals surface area contributed by atoms with Gasteiger partial charge in [-0.25, -0.2) is 4.39 Å². The first-order valence-electron chi connectivity index (χ1n) is 8.23. The Labute approximate surface area is 133 Å². The van der Waals surface area contributed by atoms with Gasteiger partial charge < -0.3 is 5.32 Å². The normalized spacial score (nSPS) is 19.4. The van der Waals surface area contributed by atoms with Crippen LogP contribution in [-0.2, 0) is 6.42 Å². The smallest absolute Gasteiger partial charge is 0.127 e. The Kier molecular flexibility index (Phi) is 6.07. The van der Waals surface area contributed by atoms with Crippen LogP contribution in [0.2, 0.25) is 5.02 Å². The highest BCUT2D eigenvalue weighted by molar-refractivity contribution is 6.31. The fourth-order valence-electron chi connectivity index (χ4n) is 3.52. The van der Waals surface area contributed by atoms with Crippen molar-refractivity contribution in [3.8, 4) is 0 Å². The molecule has 0 aromatic heterocycles. The van der Waals surface area contributed by atoms with Crippen molar-refractivity contribution < 1.29 is 4.39 Å². The first-order chi connectivity index (χ1) is 10.1. The predicted molar refractivity (Wildman–Crippen MR) is 88.4 cm³/mol. The molecule has 1 aliphatic rings. The van der Waals surface area contributed by atoms with Gasteiger partial charge in [0.25, 0.3) is 0 Å². The van der Waals surface area contributed by atoms with Gasteiger partial charge >= 0.3 is 0 Å². The molecule has 1 aromatic carbocycles. The van der Waals surface area contributed by atoms with Crippen LogP contribution in [0.25, 0.3) is 0 Å². The lowest BCUT2D eigenvalue weighted by atomic mass is 9.69. The summed E-state index contributed by atoms with van der Waals surface area (Å²) in [5.74, 6) is -0.176. The quantitative estimate of drug-likeness (QED) is 0.745. The van der Waals surface area contributed by atoms with Gasteiger partial charge in [-0.1, -0.05) is 50.8 Å². The standard InChI is InChI=1S/C18H27ClFN/c1-3-12-21-17(18(2)10-5-4-6-11-18)13-14-15(19)8-7-9-16(14)20/h7-9,17,21H,3-6,10-13H2,1-2H3. The van der Waals surface area contributed by atoms with Gasteiger partial charge in [-0.05, 0) is 49.8 Å². The van der Waals surface area contributed by atoms with Gasteiger partial charge in [-0.2, -0.15) is 0 Å². The summed E-state index contributed by atoms with van der Waals surface area (Å²) in [6.07, 6.45) is 8.12. The van der Waals surface area contributed by atoms with E-state index in [2.05, 4.69) is 19.2 Å². The molecule has 1 saturated carbocycles. The maximum atomic E-state index is 14.1. The number of halogens is 2. The second-order valence-electron chi connectivity index (χ2n) is 6.63. The van der Waals surface area contributed by atoms with Gasteiger partial charge in [0.2, 0.25) is 0 Å². The summed E-state index contributed by atoms with van der Waals surface area (Å²) >= 11 is 6.22. The van der Waals surface area contributed by atoms with E-state index in [0.29, 0.717) is 23.0 Å². The highest BCUT2D eigenvalue weighted by Gasteiger charge is 2.35. The van der Waals surface area contributed by atoms with Gasteiger partial charge in [0.05, 0.1) is 0 Å². The van der Waals surface area contributed by atoms with Crippen LogP contribution < -0.4 is 5.32 Å². The summed E-state index contributed by atoms with van der Waals surface area (Å²) in [4.78, 5) is 0. The summed E-state index contributed by atoms with van der Waals surface area (Å²) in [6.45, 7) is 5.50. The van der Waals surface area contributed by atoms with Crippen molar-refractivity contribution in [3.63, 3.8) is 0 Å². The first-order valence-corrected chi connectivity index (χ1v) is 8.61. The Morgan fingerprint density at radius 1 is 1.29 bits per heavy atom. The molecular formula is C18H27ClFN. The van der Waals surface area contributed by atoms with Crippen molar-refractivity contribution in [1.82, 2.24) is 5.32 Å². The Hall–Kier alpha value is -0.600. The zero-order valence-electron chi connectivity index (χ0n) is 13.2. The van der Waals surface area contributed by atoms with E-state index < -0.39 is 0 Å². The molecule has 2 rings (SSSR count). The third kappa shape index (κ3) is 4.20. The number of rotatable bonds is 6. The Balaban J connectivity index is 2.19. The van der Waals surface area contributed by atoms with Crippen molar-refractivity contribution >= 4 is 11.6 Å². The van der Waals surface area contributed by atoms with Crippen LogP contribution >= 0.6 is 11.6 Å². The fourth-order valence-corrected chi connectivity index (χ4v) is 3.76. The minimum Gasteiger partial charge on any atom is -0.313 e. The summed E-state index contributed by atoms with van der Waals surface area (Å²) in [5.41, 5.74) is 0.915. The summed E-state index contributed by atoms with van der Waals surface area (Å²) in [5, 5.41) is 4.21. The van der Waals surface area contributed by atoms with Crippen molar-refractivity contribution in [2.24, 2.45) is 5.41 Å². The summed E-state index contributed by atoms with van der Waals surface area (Å²) < 4.78 is 14.1. The molecule has 0 bridgehead atoms. The molecule has 3 heteroatoms. The minimum atomic E-state index is -0.176. The topological polar surface area (TPSA) is 12.0 Å². The number of benzene rings is 1. The van der Waals surface area contributed by atoms with Crippen molar-refractivity contribution in [1.29, 1.82) is 0 Å². The molecule has 0 spiro atoms. The maximum absolute atomic E-state index is 14.1. The van der Waals surface area contributed by atoms with Crippen LogP contribution in [0.4, 0.5) is 4.39 Å². The molecule has 0 radical (unpaired) electrons. The van der Waals surface area contributed by atoms with Gasteiger partial charge in [-0.3, -0.25) is 0 Å². The number of hydrogen-bond acceptors (Lipinski definition) is 1. The third-order valence-electron chi connectivity index (χ3n) is 4.95. The minimum absolute atomic E-state index is 0.176. The molecule has 1 nitrogen and oxygen atoms in total. The second kappa shape index (κ2) is 7.60. The van der Waals surface area contributed by atoms with E-state index in [0.717, 1.165) is 13.0 Å². The molecule has 1 aromatic rings. The predicted octanol–water partition coefficient (Wildman–Crippen LogP) is 5.36. The molecule has 0 heterocycles. The van der Waals surface area contributed by atoms with Gasteiger partial charge in [0, 0.05) is 16.6 Å². The van der Waals surface area contributed by atoms with Crippen LogP contribution in [0.15, 0.2) is 18.2 Å². The summed E-state index contributed by atoms with van der Waals surface area (Å²) in [6, 6.07) is 5.28. The molecule has 1 aliphatic carbocycles. The van der Waals surface area contributed by atoms with E-state index in [1.54, 1.807) is 12.1 Å². The van der Waals surface area contributed by atoms with Gasteiger partial charge in [-0.15, -0.1) is 0 Å². The van der Waals surface area contributed by atoms with Crippen molar-refractivity contribution in [2.45, 2.75) is 64.8 Å². The molecule has 0 aliphatic heterocycles. The molecule has 1 N–H and O–H groups in total. The van der Waals surface area contributed by atoms with Gasteiger partial charge in [0.1, 0.15) is 5.82 Å². The SMILES string of the molecule is CCCNC(Cc1c(F)cccc1Cl)C1(C)CCCCC1. The summed E-state index contributed by atoms with van der Waals surface area (Å²) in [7, 11) is 0. The Bertz CT molecular complexity index is 434. The molecule has 0 amide bonds. The second-order valence-corrected chi connectivity index (χ2v) is 7.03. The molecule has 21 heavy (non-hydrogen) atoms. The largest absolute Gasteiger partial charge is 0.313 e. The highest BCUT2D eigenvalue weighted by Crippen LogP contribution is 2.40. The lowest BCUT2D eigenvalue weighted by Crippen LogP contribution is -2.46. The fraction of sp³-hybridized carbons (Fsp3) is 0.667. The third-order valence-corrected chi connectivity index (χ3v) is 5.30. The molecule has 118 valence electrons. The number of nitrogens with one attached hydrogen (secondary N) is 1. The van der Waals surface area contributed by atoms with Crippen LogP contribution in [0.1, 0.15) is 57.9 Å². The van der Waals surface area contributed by atoms with E-state index in [9.17, 15) is 4.39 Å². The van der Waals surface area contributed by atoms with Crippen molar-refractivity contribution in [3.05, 3.63) is 34.6 Å². The van der Waals surface area contributed by atoms with Gasteiger partial charge in [0.15, 0.2) is 0 Å². The average molecular weight is 312 g/mol.